The lowest BCUT2D eigenvalue weighted by atomic mass is 9.42. The molecule has 0 spiro atoms. The molecule has 2 fully saturated rings. The zero-order chi connectivity index (χ0) is 35.9. The fourth-order valence-electron chi connectivity index (χ4n) is 5.67. The van der Waals surface area contributed by atoms with Crippen molar-refractivity contribution in [3.63, 3.8) is 0 Å². The van der Waals surface area contributed by atoms with Gasteiger partial charge in [0.2, 0.25) is 0 Å². The molecule has 2 aromatic rings. The van der Waals surface area contributed by atoms with Gasteiger partial charge in [0, 0.05) is 23.5 Å². The number of hydrogen-bond donors (Lipinski definition) is 0. The highest BCUT2D eigenvalue weighted by molar-refractivity contribution is 6.92. The lowest BCUT2D eigenvalue weighted by molar-refractivity contribution is -0.147. The van der Waals surface area contributed by atoms with Crippen LogP contribution in [0.3, 0.4) is 0 Å². The minimum Gasteiger partial charge on any atom is -0.468 e. The van der Waals surface area contributed by atoms with Gasteiger partial charge in [-0.1, -0.05) is 24.9 Å². The van der Waals surface area contributed by atoms with Crippen LogP contribution in [0.2, 0.25) is 12.1 Å². The largest absolute Gasteiger partial charge is 0.468 e. The van der Waals surface area contributed by atoms with E-state index in [1.54, 1.807) is 71.9 Å². The zero-order valence-electron chi connectivity index (χ0n) is 28.9. The maximum absolute atomic E-state index is 12.9. The monoisotopic (exact) mass is 677 g/mol. The summed E-state index contributed by atoms with van der Waals surface area (Å²) >= 11 is 0. The summed E-state index contributed by atoms with van der Waals surface area (Å²) in [6.45, 7) is 9.33. The number of hydrogen-bond acceptors (Lipinski definition) is 11. The second kappa shape index (κ2) is 15.7. The van der Waals surface area contributed by atoms with Gasteiger partial charge in [0.25, 0.3) is 12.6 Å². The van der Waals surface area contributed by atoms with Crippen molar-refractivity contribution in [3.8, 4) is 11.5 Å². The molecule has 0 aliphatic carbocycles. The molecule has 0 radical (unpaired) electrons. The number of benzene rings is 2. The summed E-state index contributed by atoms with van der Waals surface area (Å²) in [5, 5.41) is 0. The average molecular weight is 678 g/mol. The van der Waals surface area contributed by atoms with Crippen LogP contribution in [-0.4, -0.2) is 84.1 Å². The Kier molecular flexibility index (Phi) is 11.9. The molecular weight excluding hydrogens is 633 g/mol. The van der Waals surface area contributed by atoms with Crippen LogP contribution in [0.25, 0.3) is 0 Å². The van der Waals surface area contributed by atoms with Crippen molar-refractivity contribution >= 4 is 42.2 Å². The second-order valence-electron chi connectivity index (χ2n) is 14.2. The van der Waals surface area contributed by atoms with Gasteiger partial charge in [-0.15, -0.1) is 0 Å². The molecule has 0 aromatic heterocycles. The van der Waals surface area contributed by atoms with Crippen molar-refractivity contribution in [2.75, 3.05) is 19.8 Å². The maximum atomic E-state index is 12.9. The maximum Gasteiger partial charge on any atom is 0.411 e. The molecule has 12 nitrogen and oxygen atoms in total. The Hall–Kier alpha value is -4.68. The van der Waals surface area contributed by atoms with Crippen LogP contribution in [0.4, 0.5) is 9.59 Å². The molecule has 0 N–H and O–H groups in total. The SMILES string of the molecule is CC(C)(C)OC(=O)B1CCC[C@H]1C(=O)OCC(=O)c1cccc(Oc2ccc(C(=O)COC(=O)[C@@H]3CCCN3C(=O)OC(C)(C)C)cc2)c1. The number of esters is 2. The number of rotatable bonds is 11. The minimum atomic E-state index is -0.808. The minimum absolute atomic E-state index is 0.265. The first-order chi connectivity index (χ1) is 23.0. The first kappa shape index (κ1) is 37.1. The van der Waals surface area contributed by atoms with E-state index >= 15 is 0 Å². The molecule has 2 aliphatic rings. The van der Waals surface area contributed by atoms with Crippen LogP contribution >= 0.6 is 0 Å². The number of nitrogens with zero attached hydrogens (tertiary/aromatic N) is 1. The van der Waals surface area contributed by atoms with Crippen molar-refractivity contribution in [2.24, 2.45) is 0 Å². The van der Waals surface area contributed by atoms with E-state index < -0.39 is 78.5 Å². The molecule has 49 heavy (non-hydrogen) atoms. The normalized spacial score (nSPS) is 17.7. The van der Waals surface area contributed by atoms with Gasteiger partial charge in [0.15, 0.2) is 24.8 Å². The quantitative estimate of drug-likeness (QED) is 0.111. The molecule has 2 heterocycles. The molecule has 2 aromatic carbocycles. The third kappa shape index (κ3) is 10.7. The van der Waals surface area contributed by atoms with Gasteiger partial charge in [0.05, 0.1) is 0 Å². The fraction of sp³-hybridized carbons (Fsp3) is 0.500. The van der Waals surface area contributed by atoms with Gasteiger partial charge in [-0.3, -0.25) is 24.1 Å². The molecule has 4 rings (SSSR count). The molecule has 13 heteroatoms. The second-order valence-corrected chi connectivity index (χ2v) is 14.2. The smallest absolute Gasteiger partial charge is 0.411 e. The van der Waals surface area contributed by atoms with Crippen molar-refractivity contribution in [2.45, 2.75) is 96.6 Å². The van der Waals surface area contributed by atoms with Gasteiger partial charge in [0.1, 0.15) is 28.7 Å². The van der Waals surface area contributed by atoms with E-state index in [-0.39, 0.29) is 11.1 Å². The Balaban J connectivity index is 1.26. The van der Waals surface area contributed by atoms with Gasteiger partial charge in [-0.05, 0) is 97.2 Å². The van der Waals surface area contributed by atoms with E-state index in [4.69, 9.17) is 23.7 Å². The number of amides is 1. The first-order valence-corrected chi connectivity index (χ1v) is 16.5. The van der Waals surface area contributed by atoms with E-state index in [1.807, 2.05) is 0 Å². The summed E-state index contributed by atoms with van der Waals surface area (Å²) in [6, 6.07) is 11.7. The van der Waals surface area contributed by atoms with Gasteiger partial charge >= 0.3 is 18.0 Å². The van der Waals surface area contributed by atoms with E-state index in [1.165, 1.54) is 23.1 Å². The van der Waals surface area contributed by atoms with Crippen molar-refractivity contribution < 1.29 is 52.5 Å². The molecule has 2 aliphatic heterocycles. The van der Waals surface area contributed by atoms with Crippen LogP contribution in [0.15, 0.2) is 48.5 Å². The van der Waals surface area contributed by atoms with Crippen LogP contribution < -0.4 is 4.74 Å². The first-order valence-electron chi connectivity index (χ1n) is 16.5. The standard InChI is InChI=1S/C36H44BNO11/c1-35(2,3)48-33(43)37-18-8-12-27(37)31(41)45-22-30(40)24-10-7-11-26(20-24)47-25-16-14-23(15-17-25)29(39)21-46-32(42)28-13-9-19-38(28)34(44)49-36(4,5)6/h7,10-11,14-17,20,27-28H,8-9,12-13,18-19,21-22H2,1-6H3/t27-,28-/m0/s1. The highest BCUT2D eigenvalue weighted by atomic mass is 16.6. The number of ether oxygens (including phenoxy) is 5. The van der Waals surface area contributed by atoms with Gasteiger partial charge < -0.3 is 23.7 Å². The zero-order valence-corrected chi connectivity index (χ0v) is 28.9. The van der Waals surface area contributed by atoms with Crippen molar-refractivity contribution in [1.29, 1.82) is 0 Å². The Bertz CT molecular complexity index is 1560. The fourth-order valence-corrected chi connectivity index (χ4v) is 5.67. The molecule has 2 saturated heterocycles. The summed E-state index contributed by atoms with van der Waals surface area (Å²) in [4.78, 5) is 77.5. The summed E-state index contributed by atoms with van der Waals surface area (Å²) in [5.41, 5.74) is -0.820. The average Bonchev–Trinajstić information content (AvgIpc) is 3.72. The summed E-state index contributed by atoms with van der Waals surface area (Å²) in [7, 11) is 0. The summed E-state index contributed by atoms with van der Waals surface area (Å²) in [5.74, 6) is -2.48. The Morgan fingerprint density at radius 3 is 2.02 bits per heavy atom. The number of carbonyl (C=O) groups is 6. The third-order valence-electron chi connectivity index (χ3n) is 7.94. The Morgan fingerprint density at radius 2 is 1.37 bits per heavy atom. The highest BCUT2D eigenvalue weighted by Gasteiger charge is 2.45. The molecule has 262 valence electrons. The topological polar surface area (TPSA) is 152 Å². The molecule has 1 amide bonds. The van der Waals surface area contributed by atoms with Crippen LogP contribution in [0.5, 0.6) is 11.5 Å². The predicted octanol–water partition coefficient (Wildman–Crippen LogP) is 6.51. The molecule has 0 bridgehead atoms. The Labute approximate surface area is 286 Å². The molecule has 2 atom stereocenters. The van der Waals surface area contributed by atoms with E-state index in [9.17, 15) is 28.8 Å². The van der Waals surface area contributed by atoms with Gasteiger partial charge in [-0.25, -0.2) is 9.59 Å². The highest BCUT2D eigenvalue weighted by Crippen LogP contribution is 2.34. The number of Topliss-reactive ketones (excluding diaryl/α,β-unsaturated/α-hetero) is 2. The van der Waals surface area contributed by atoms with Crippen LogP contribution in [-0.2, 0) is 28.5 Å². The third-order valence-corrected chi connectivity index (χ3v) is 7.94. The Morgan fingerprint density at radius 1 is 0.735 bits per heavy atom. The summed E-state index contributed by atoms with van der Waals surface area (Å²) < 4.78 is 27.3. The lowest BCUT2D eigenvalue weighted by Crippen LogP contribution is -2.44. The van der Waals surface area contributed by atoms with Crippen LogP contribution in [0, 0.1) is 0 Å². The van der Waals surface area contributed by atoms with Gasteiger partial charge in [-0.2, -0.15) is 0 Å². The van der Waals surface area contributed by atoms with Crippen molar-refractivity contribution in [3.05, 3.63) is 59.7 Å². The van der Waals surface area contributed by atoms with E-state index in [0.717, 1.165) is 0 Å². The van der Waals surface area contributed by atoms with E-state index in [2.05, 4.69) is 0 Å². The van der Waals surface area contributed by atoms with E-state index in [0.29, 0.717) is 50.0 Å². The van der Waals surface area contributed by atoms with Crippen LogP contribution in [0.1, 0.15) is 87.9 Å². The number of carbonyl (C=O) groups excluding carboxylic acids is 6. The molecule has 0 unspecified atom stereocenters. The number of ketones is 2. The predicted molar refractivity (Wildman–Crippen MR) is 179 cm³/mol. The summed E-state index contributed by atoms with van der Waals surface area (Å²) in [6.07, 6.45) is 2.16. The molecule has 0 saturated carbocycles. The lowest BCUT2D eigenvalue weighted by Gasteiger charge is -2.27. The number of likely N-dealkylation sites (tertiary alicyclic amines) is 1. The molecular formula is C36H44BNO11. The van der Waals surface area contributed by atoms with Crippen molar-refractivity contribution in [1.82, 2.24) is 4.90 Å².